The molecule has 4 aromatic rings. The monoisotopic (exact) mass is 471 g/mol. The lowest BCUT2D eigenvalue weighted by Crippen LogP contribution is -2.32. The molecule has 5 rings (SSSR count). The van der Waals surface area contributed by atoms with Gasteiger partial charge in [-0.1, -0.05) is 30.1 Å². The molecule has 3 heterocycles. The highest BCUT2D eigenvalue weighted by Gasteiger charge is 2.16. The number of aromatic nitrogens is 4. The van der Waals surface area contributed by atoms with Crippen LogP contribution in [0.25, 0.3) is 34.6 Å². The molecule has 0 radical (unpaired) electrons. The molecule has 8 heteroatoms. The summed E-state index contributed by atoms with van der Waals surface area (Å²) < 4.78 is 12.6. The number of ether oxygens (including phenoxy) is 1. The van der Waals surface area contributed by atoms with E-state index in [0.29, 0.717) is 24.7 Å². The van der Waals surface area contributed by atoms with Crippen molar-refractivity contribution in [2.24, 2.45) is 0 Å². The van der Waals surface area contributed by atoms with Gasteiger partial charge >= 0.3 is 0 Å². The van der Waals surface area contributed by atoms with Gasteiger partial charge in [-0.3, -0.25) is 4.79 Å². The van der Waals surface area contributed by atoms with Crippen LogP contribution in [0.2, 0.25) is 0 Å². The summed E-state index contributed by atoms with van der Waals surface area (Å²) in [6.45, 7) is 2.39. The zero-order valence-electron chi connectivity index (χ0n) is 19.9. The van der Waals surface area contributed by atoms with E-state index in [9.17, 15) is 4.79 Å². The molecule has 0 N–H and O–H groups in total. The summed E-state index contributed by atoms with van der Waals surface area (Å²) >= 11 is 0. The summed E-state index contributed by atoms with van der Waals surface area (Å²) in [5.74, 6) is 1.97. The van der Waals surface area contributed by atoms with Crippen molar-refractivity contribution >= 4 is 29.1 Å². The maximum absolute atomic E-state index is 12.7. The maximum Gasteiger partial charge on any atom is 0.250 e. The van der Waals surface area contributed by atoms with Gasteiger partial charge in [0.1, 0.15) is 5.75 Å². The molecule has 1 saturated heterocycles. The number of nitrogens with zero attached hydrogens (tertiary/aromatic N) is 5. The highest BCUT2D eigenvalue weighted by molar-refractivity contribution is 5.81. The van der Waals surface area contributed by atoms with Crippen molar-refractivity contribution in [1.29, 1.82) is 0 Å². The number of hydrogen-bond acceptors (Lipinski definition) is 6. The maximum atomic E-state index is 12.7. The zero-order valence-corrected chi connectivity index (χ0v) is 19.9. The van der Waals surface area contributed by atoms with Crippen LogP contribution in [0.5, 0.6) is 5.75 Å². The number of amides is 1. The van der Waals surface area contributed by atoms with Gasteiger partial charge in [-0.05, 0) is 54.8 Å². The molecular formula is C27H29N5O3. The Balaban J connectivity index is 1.24. The molecule has 0 aliphatic carbocycles. The van der Waals surface area contributed by atoms with Gasteiger partial charge in [0.2, 0.25) is 11.7 Å². The van der Waals surface area contributed by atoms with Crippen LogP contribution in [-0.4, -0.2) is 50.7 Å². The van der Waals surface area contributed by atoms with Crippen molar-refractivity contribution in [3.8, 4) is 17.1 Å². The van der Waals surface area contributed by atoms with E-state index < -0.39 is 0 Å². The van der Waals surface area contributed by atoms with Gasteiger partial charge in [0.25, 0.3) is 5.89 Å². The van der Waals surface area contributed by atoms with E-state index in [1.165, 1.54) is 12.8 Å². The molecule has 1 aliphatic heterocycles. The lowest BCUT2D eigenvalue weighted by Gasteiger charge is -2.20. The fourth-order valence-electron chi connectivity index (χ4n) is 4.38. The first-order chi connectivity index (χ1) is 17.2. The number of carbonyl (C=O) groups is 1. The molecule has 180 valence electrons. The second kappa shape index (κ2) is 10.5. The number of likely N-dealkylation sites (tertiary alicyclic amines) is 1. The van der Waals surface area contributed by atoms with E-state index in [1.807, 2.05) is 58.0 Å². The minimum Gasteiger partial charge on any atom is -0.497 e. The van der Waals surface area contributed by atoms with Gasteiger partial charge in [0.15, 0.2) is 0 Å². The molecule has 2 aromatic carbocycles. The number of benzene rings is 2. The lowest BCUT2D eigenvalue weighted by molar-refractivity contribution is -0.131. The summed E-state index contributed by atoms with van der Waals surface area (Å²) in [4.78, 5) is 23.7. The van der Waals surface area contributed by atoms with Crippen molar-refractivity contribution in [2.45, 2.75) is 38.6 Å². The van der Waals surface area contributed by atoms with Gasteiger partial charge in [0, 0.05) is 37.7 Å². The Morgan fingerprint density at radius 2 is 1.86 bits per heavy atom. The highest BCUT2D eigenvalue weighted by Crippen LogP contribution is 2.23. The van der Waals surface area contributed by atoms with E-state index in [0.717, 1.165) is 53.8 Å². The Kier molecular flexibility index (Phi) is 6.88. The minimum absolute atomic E-state index is 0.229. The van der Waals surface area contributed by atoms with Crippen LogP contribution in [0, 0.1) is 0 Å². The fraction of sp³-hybridized carbons (Fsp3) is 0.333. The molecular weight excluding hydrogens is 442 g/mol. The lowest BCUT2D eigenvalue weighted by atomic mass is 10.2. The third-order valence-corrected chi connectivity index (χ3v) is 6.38. The summed E-state index contributed by atoms with van der Waals surface area (Å²) in [5, 5.41) is 4.12. The number of imidazole rings is 1. The van der Waals surface area contributed by atoms with E-state index >= 15 is 0 Å². The van der Waals surface area contributed by atoms with Gasteiger partial charge in [0.05, 0.1) is 24.5 Å². The third-order valence-electron chi connectivity index (χ3n) is 6.38. The summed E-state index contributed by atoms with van der Waals surface area (Å²) in [5.41, 5.74) is 3.66. The average Bonchev–Trinajstić information content (AvgIpc) is 3.44. The molecule has 0 unspecified atom stereocenters. The first kappa shape index (κ1) is 22.8. The molecule has 0 spiro atoms. The smallest absolute Gasteiger partial charge is 0.250 e. The first-order valence-electron chi connectivity index (χ1n) is 12.1. The number of carbonyl (C=O) groups excluding carboxylic acids is 1. The Hall–Kier alpha value is -3.94. The second-order valence-corrected chi connectivity index (χ2v) is 8.75. The number of rotatable bonds is 7. The molecule has 1 fully saturated rings. The van der Waals surface area contributed by atoms with Crippen molar-refractivity contribution in [2.75, 3.05) is 20.2 Å². The number of aryl methyl sites for hydroxylation is 1. The van der Waals surface area contributed by atoms with E-state index in [-0.39, 0.29) is 5.91 Å². The molecule has 0 bridgehead atoms. The molecule has 35 heavy (non-hydrogen) atoms. The Morgan fingerprint density at radius 3 is 2.63 bits per heavy atom. The first-order valence-corrected chi connectivity index (χ1v) is 12.1. The highest BCUT2D eigenvalue weighted by atomic mass is 16.5. The van der Waals surface area contributed by atoms with E-state index in [2.05, 4.69) is 15.1 Å². The van der Waals surface area contributed by atoms with Crippen molar-refractivity contribution < 1.29 is 14.1 Å². The molecule has 0 atom stereocenters. The Morgan fingerprint density at radius 1 is 1.06 bits per heavy atom. The molecule has 2 aromatic heterocycles. The molecule has 8 nitrogen and oxygen atoms in total. The predicted octanol–water partition coefficient (Wildman–Crippen LogP) is 5.06. The number of fused-ring (bicyclic) bond motifs is 1. The predicted molar refractivity (Wildman–Crippen MR) is 135 cm³/mol. The number of hydrogen-bond donors (Lipinski definition) is 0. The summed E-state index contributed by atoms with van der Waals surface area (Å²) in [6.07, 6.45) is 10.6. The minimum atomic E-state index is 0.229. The van der Waals surface area contributed by atoms with Crippen LogP contribution in [0.15, 0.2) is 53.3 Å². The summed E-state index contributed by atoms with van der Waals surface area (Å²) in [6, 6.07) is 13.6. The Labute approximate surface area is 204 Å². The Bertz CT molecular complexity index is 1310. The summed E-state index contributed by atoms with van der Waals surface area (Å²) in [7, 11) is 1.64. The van der Waals surface area contributed by atoms with Crippen LogP contribution >= 0.6 is 0 Å². The third kappa shape index (κ3) is 5.42. The molecule has 1 amide bonds. The standard InChI is InChI=1S/C27H29N5O3/c1-34-22-10-6-20(7-11-22)8-13-25-29-27(30-35-25)21-9-12-24-23(18-21)28-19-32(24)17-14-26(33)31-15-4-2-3-5-16-31/h6-13,18-19H,2-5,14-17H2,1H3/b13-8+. The van der Waals surface area contributed by atoms with Crippen LogP contribution in [0.3, 0.4) is 0 Å². The van der Waals surface area contributed by atoms with Crippen LogP contribution in [0.1, 0.15) is 43.6 Å². The van der Waals surface area contributed by atoms with Crippen LogP contribution in [0.4, 0.5) is 0 Å². The average molecular weight is 472 g/mol. The quantitative estimate of drug-likeness (QED) is 0.375. The second-order valence-electron chi connectivity index (χ2n) is 8.75. The van der Waals surface area contributed by atoms with Gasteiger partial charge < -0.3 is 18.7 Å². The van der Waals surface area contributed by atoms with Crippen molar-refractivity contribution in [1.82, 2.24) is 24.6 Å². The van der Waals surface area contributed by atoms with E-state index in [1.54, 1.807) is 19.5 Å². The molecule has 0 saturated carbocycles. The normalized spacial score (nSPS) is 14.5. The van der Waals surface area contributed by atoms with Gasteiger partial charge in [-0.15, -0.1) is 0 Å². The van der Waals surface area contributed by atoms with Crippen molar-refractivity contribution in [3.63, 3.8) is 0 Å². The zero-order chi connectivity index (χ0) is 24.0. The number of methoxy groups -OCH3 is 1. The van der Waals surface area contributed by atoms with Crippen LogP contribution in [-0.2, 0) is 11.3 Å². The van der Waals surface area contributed by atoms with E-state index in [4.69, 9.17) is 9.26 Å². The van der Waals surface area contributed by atoms with Crippen LogP contribution < -0.4 is 4.74 Å². The SMILES string of the molecule is COc1ccc(/C=C/c2nc(-c3ccc4c(c3)ncn4CCC(=O)N3CCCCCC3)no2)cc1. The largest absolute Gasteiger partial charge is 0.497 e. The van der Waals surface area contributed by atoms with Gasteiger partial charge in [-0.25, -0.2) is 4.98 Å². The topological polar surface area (TPSA) is 86.3 Å². The fourth-order valence-corrected chi connectivity index (χ4v) is 4.38. The van der Waals surface area contributed by atoms with Crippen molar-refractivity contribution in [3.05, 3.63) is 60.2 Å². The van der Waals surface area contributed by atoms with Gasteiger partial charge in [-0.2, -0.15) is 4.98 Å². The molecule has 1 aliphatic rings.